The molecule has 2 heterocycles. The van der Waals surface area contributed by atoms with Crippen LogP contribution in [0.5, 0.6) is 0 Å². The Morgan fingerprint density at radius 1 is 0.805 bits per heavy atom. The van der Waals surface area contributed by atoms with Crippen molar-refractivity contribution in [3.63, 3.8) is 0 Å². The summed E-state index contributed by atoms with van der Waals surface area (Å²) in [5.74, 6) is 1.49. The Hall–Kier alpha value is -4.01. The summed E-state index contributed by atoms with van der Waals surface area (Å²) in [5, 5.41) is 7.05. The van der Waals surface area contributed by atoms with Gasteiger partial charge in [0.05, 0.1) is 0 Å². The molecular formula is C32H46F2N6O. The summed E-state index contributed by atoms with van der Waals surface area (Å²) in [6.07, 6.45) is 5.49. The van der Waals surface area contributed by atoms with Crippen molar-refractivity contribution in [1.29, 1.82) is 0 Å². The molecule has 0 fully saturated rings. The molecule has 7 nitrogen and oxygen atoms in total. The van der Waals surface area contributed by atoms with Crippen LogP contribution in [0, 0.1) is 25.5 Å². The fourth-order valence-corrected chi connectivity index (χ4v) is 3.12. The van der Waals surface area contributed by atoms with Crippen LogP contribution >= 0.6 is 0 Å². The largest absolute Gasteiger partial charge is 0.359 e. The van der Waals surface area contributed by atoms with E-state index in [4.69, 9.17) is 0 Å². The van der Waals surface area contributed by atoms with Gasteiger partial charge in [0.15, 0.2) is 11.6 Å². The first kappa shape index (κ1) is 37.0. The van der Waals surface area contributed by atoms with Gasteiger partial charge in [-0.2, -0.15) is 5.10 Å². The zero-order valence-corrected chi connectivity index (χ0v) is 25.8. The van der Waals surface area contributed by atoms with Gasteiger partial charge in [-0.1, -0.05) is 48.0 Å². The molecule has 9 heteroatoms. The van der Waals surface area contributed by atoms with Crippen molar-refractivity contribution >= 4 is 6.41 Å². The number of carbonyl (C=O) groups excluding carboxylic acids is 1. The van der Waals surface area contributed by atoms with Crippen LogP contribution in [-0.4, -0.2) is 37.7 Å². The maximum atomic E-state index is 13.1. The summed E-state index contributed by atoms with van der Waals surface area (Å²) in [6.45, 7) is 17.5. The third-order valence-corrected chi connectivity index (χ3v) is 4.99. The topological polar surface area (TPSA) is 85.6 Å². The fourth-order valence-electron chi connectivity index (χ4n) is 3.12. The number of carbonyl (C=O) groups is 1. The number of nitrogens with zero attached hydrogens (tertiary/aromatic N) is 5. The Kier molecular flexibility index (Phi) is 20.5. The van der Waals surface area contributed by atoms with Gasteiger partial charge in [0.2, 0.25) is 6.41 Å². The predicted molar refractivity (Wildman–Crippen MR) is 164 cm³/mol. The number of hydrogen-bond acceptors (Lipinski definition) is 5. The molecule has 0 aliphatic carbocycles. The Morgan fingerprint density at radius 3 is 1.78 bits per heavy atom. The summed E-state index contributed by atoms with van der Waals surface area (Å²) in [7, 11) is 0. The first-order valence-electron chi connectivity index (χ1n) is 14.3. The van der Waals surface area contributed by atoms with Gasteiger partial charge >= 0.3 is 0 Å². The summed E-state index contributed by atoms with van der Waals surface area (Å²) < 4.78 is 28.0. The third-order valence-electron chi connectivity index (χ3n) is 4.99. The molecule has 0 spiro atoms. The number of aromatic nitrogens is 5. The van der Waals surface area contributed by atoms with E-state index in [1.165, 1.54) is 24.3 Å². The molecule has 0 unspecified atom stereocenters. The lowest BCUT2D eigenvalue weighted by molar-refractivity contribution is -0.109. The van der Waals surface area contributed by atoms with E-state index < -0.39 is 0 Å². The fraction of sp³-hybridized carbons (Fsp3) is 0.406. The average molecular weight is 569 g/mol. The molecule has 4 rings (SSSR count). The van der Waals surface area contributed by atoms with Gasteiger partial charge in [-0.15, -0.1) is 0 Å². The Balaban J connectivity index is 0.000000730. The predicted octanol–water partition coefficient (Wildman–Crippen LogP) is 7.98. The highest BCUT2D eigenvalue weighted by molar-refractivity contribution is 5.61. The van der Waals surface area contributed by atoms with Crippen molar-refractivity contribution < 1.29 is 13.6 Å². The van der Waals surface area contributed by atoms with Gasteiger partial charge in [-0.3, -0.25) is 4.79 Å². The highest BCUT2D eigenvalue weighted by Crippen LogP contribution is 2.23. The minimum atomic E-state index is -0.294. The molecule has 0 radical (unpaired) electrons. The van der Waals surface area contributed by atoms with Crippen molar-refractivity contribution in [2.75, 3.05) is 6.54 Å². The molecule has 0 bridgehead atoms. The second-order valence-corrected chi connectivity index (χ2v) is 8.17. The number of nitrogens with one attached hydrogen (secondary N) is 1. The Bertz CT molecular complexity index is 1190. The number of rotatable bonds is 8. The standard InChI is InChI=1S/C18H17F2N3.C6H8N2.C4H9NO.2C2H6/c1-2-3-12-23-18(14-6-10-16(20)11-7-14)21-17(22-23)13-4-8-15(19)9-5-13;1-5-3-4-7-6(2)8-5;1-2-3-5-4-6;2*1-2/h4-11H,2-3,12H2,1H3;3-4H,1-2H3;4H,2-3H2,1H3,(H,5,6);2*1-2H3. The van der Waals surface area contributed by atoms with E-state index in [1.54, 1.807) is 30.5 Å². The minimum absolute atomic E-state index is 0.285. The smallest absolute Gasteiger partial charge is 0.207 e. The van der Waals surface area contributed by atoms with Gasteiger partial charge in [0.25, 0.3) is 0 Å². The average Bonchev–Trinajstić information content (AvgIpc) is 3.42. The number of halogens is 2. The van der Waals surface area contributed by atoms with Crippen LogP contribution < -0.4 is 5.32 Å². The van der Waals surface area contributed by atoms with Crippen LogP contribution in [0.3, 0.4) is 0 Å². The van der Waals surface area contributed by atoms with E-state index >= 15 is 0 Å². The highest BCUT2D eigenvalue weighted by Gasteiger charge is 2.13. The molecule has 0 aliphatic heterocycles. The molecule has 1 N–H and O–H groups in total. The first-order valence-corrected chi connectivity index (χ1v) is 14.3. The van der Waals surface area contributed by atoms with E-state index in [0.29, 0.717) is 18.1 Å². The van der Waals surface area contributed by atoms with Crippen molar-refractivity contribution in [2.24, 2.45) is 0 Å². The highest BCUT2D eigenvalue weighted by atomic mass is 19.1. The van der Waals surface area contributed by atoms with Crippen molar-refractivity contribution in [3.8, 4) is 22.8 Å². The maximum Gasteiger partial charge on any atom is 0.207 e. The van der Waals surface area contributed by atoms with E-state index in [2.05, 4.69) is 32.3 Å². The molecule has 2 aromatic heterocycles. The van der Waals surface area contributed by atoms with Crippen LogP contribution in [0.25, 0.3) is 22.8 Å². The van der Waals surface area contributed by atoms with E-state index in [9.17, 15) is 13.6 Å². The number of hydrogen-bond donors (Lipinski definition) is 1. The molecule has 41 heavy (non-hydrogen) atoms. The van der Waals surface area contributed by atoms with E-state index in [0.717, 1.165) is 55.0 Å². The van der Waals surface area contributed by atoms with Gasteiger partial charge in [-0.25, -0.2) is 28.4 Å². The molecular weight excluding hydrogens is 522 g/mol. The van der Waals surface area contributed by atoms with Crippen LogP contribution in [-0.2, 0) is 11.3 Å². The molecule has 224 valence electrons. The number of aryl methyl sites for hydroxylation is 3. The summed E-state index contributed by atoms with van der Waals surface area (Å²) in [5.41, 5.74) is 2.59. The first-order chi connectivity index (χ1) is 19.9. The normalized spacial score (nSPS) is 9.32. The molecule has 0 aliphatic rings. The van der Waals surface area contributed by atoms with Crippen LogP contribution in [0.2, 0.25) is 0 Å². The van der Waals surface area contributed by atoms with Gasteiger partial charge in [0.1, 0.15) is 17.5 Å². The zero-order chi connectivity index (χ0) is 31.0. The minimum Gasteiger partial charge on any atom is -0.359 e. The summed E-state index contributed by atoms with van der Waals surface area (Å²) in [6, 6.07) is 14.2. The van der Waals surface area contributed by atoms with E-state index in [-0.39, 0.29) is 11.6 Å². The zero-order valence-electron chi connectivity index (χ0n) is 25.8. The summed E-state index contributed by atoms with van der Waals surface area (Å²) in [4.78, 5) is 22.0. The molecule has 0 saturated carbocycles. The second-order valence-electron chi connectivity index (χ2n) is 8.17. The van der Waals surface area contributed by atoms with E-state index in [1.807, 2.05) is 59.2 Å². The third kappa shape index (κ3) is 14.8. The van der Waals surface area contributed by atoms with Crippen LogP contribution in [0.4, 0.5) is 8.78 Å². The summed E-state index contributed by atoms with van der Waals surface area (Å²) >= 11 is 0. The lowest BCUT2D eigenvalue weighted by Gasteiger charge is -2.04. The quantitative estimate of drug-likeness (QED) is 0.172. The van der Waals surface area contributed by atoms with Crippen LogP contribution in [0.15, 0.2) is 60.8 Å². The second kappa shape index (κ2) is 22.8. The maximum absolute atomic E-state index is 13.1. The number of unbranched alkanes of at least 4 members (excludes halogenated alkanes) is 1. The lowest BCUT2D eigenvalue weighted by atomic mass is 10.2. The SMILES string of the molecule is CC.CC.CCCCn1nc(-c2ccc(F)cc2)nc1-c1ccc(F)cc1.CCCNC=O.Cc1ccnc(C)n1. The van der Waals surface area contributed by atoms with Gasteiger partial charge < -0.3 is 5.32 Å². The molecule has 0 saturated heterocycles. The Morgan fingerprint density at radius 2 is 1.37 bits per heavy atom. The number of amides is 1. The van der Waals surface area contributed by atoms with Crippen LogP contribution in [0.1, 0.15) is 72.3 Å². The van der Waals surface area contributed by atoms with Crippen molar-refractivity contribution in [1.82, 2.24) is 30.0 Å². The van der Waals surface area contributed by atoms with Crippen molar-refractivity contribution in [2.45, 2.75) is 81.2 Å². The monoisotopic (exact) mass is 568 g/mol. The molecule has 2 aromatic carbocycles. The molecule has 1 amide bonds. The van der Waals surface area contributed by atoms with Gasteiger partial charge in [0, 0.05) is 36.1 Å². The molecule has 0 atom stereocenters. The molecule has 4 aromatic rings. The number of benzene rings is 2. The lowest BCUT2D eigenvalue weighted by Crippen LogP contribution is -2.10. The van der Waals surface area contributed by atoms with Gasteiger partial charge in [-0.05, 0) is 81.3 Å². The Labute approximate surface area is 244 Å². The van der Waals surface area contributed by atoms with Crippen molar-refractivity contribution in [3.05, 3.63) is 83.9 Å².